The van der Waals surface area contributed by atoms with Gasteiger partial charge in [0.05, 0.1) is 33.6 Å². The molecule has 4 aromatic heterocycles. The van der Waals surface area contributed by atoms with Crippen molar-refractivity contribution in [1.82, 2.24) is 19.5 Å². The van der Waals surface area contributed by atoms with Crippen molar-refractivity contribution in [3.05, 3.63) is 218 Å². The third kappa shape index (κ3) is 6.01. The van der Waals surface area contributed by atoms with Gasteiger partial charge in [-0.25, -0.2) is 15.0 Å². The van der Waals surface area contributed by atoms with Gasteiger partial charge in [-0.15, -0.1) is 11.3 Å². The normalized spacial score (nSPS) is 11.8. The quantitative estimate of drug-likeness (QED) is 0.157. The van der Waals surface area contributed by atoms with Gasteiger partial charge >= 0.3 is 0 Å². The summed E-state index contributed by atoms with van der Waals surface area (Å²) in [7, 11) is 0. The average Bonchev–Trinajstić information content (AvgIpc) is 3.93. The lowest BCUT2D eigenvalue weighted by atomic mass is 9.98. The topological polar surface area (TPSA) is 43.6 Å². The summed E-state index contributed by atoms with van der Waals surface area (Å²) in [6, 6.07) is 77.8. The molecule has 64 heavy (non-hydrogen) atoms. The Balaban J connectivity index is 0.873. The highest BCUT2D eigenvalue weighted by Crippen LogP contribution is 2.44. The maximum atomic E-state index is 5.39. The van der Waals surface area contributed by atoms with Crippen LogP contribution < -0.4 is 0 Å². The van der Waals surface area contributed by atoms with Crippen LogP contribution in [0.1, 0.15) is 0 Å². The number of nitrogens with zero attached hydrogens (tertiary/aromatic N) is 4. The molecular formula is C59H36N4S. The summed E-state index contributed by atoms with van der Waals surface area (Å²) in [6.07, 6.45) is 0. The molecule has 4 nitrogen and oxygen atoms in total. The van der Waals surface area contributed by atoms with Gasteiger partial charge in [0.15, 0.2) is 5.82 Å². The van der Waals surface area contributed by atoms with Gasteiger partial charge in [-0.3, -0.25) is 0 Å². The number of hydrogen-bond donors (Lipinski definition) is 0. The zero-order valence-corrected chi connectivity index (χ0v) is 35.3. The summed E-state index contributed by atoms with van der Waals surface area (Å²) in [6.45, 7) is 0. The lowest BCUT2D eigenvalue weighted by Gasteiger charge is -2.12. The van der Waals surface area contributed by atoms with Crippen LogP contribution in [0.25, 0.3) is 126 Å². The van der Waals surface area contributed by atoms with Crippen molar-refractivity contribution in [2.24, 2.45) is 0 Å². The lowest BCUT2D eigenvalue weighted by Crippen LogP contribution is -1.97. The smallest absolute Gasteiger partial charge is 0.160 e. The Hall–Kier alpha value is -8.25. The predicted molar refractivity (Wildman–Crippen MR) is 269 cm³/mol. The number of fused-ring (bicyclic) bond motifs is 9. The number of thiophene rings is 1. The molecule has 0 unspecified atom stereocenters. The number of rotatable bonds is 6. The molecule has 0 aliphatic rings. The van der Waals surface area contributed by atoms with Gasteiger partial charge in [0, 0.05) is 64.3 Å². The van der Waals surface area contributed by atoms with E-state index in [0.29, 0.717) is 5.82 Å². The first kappa shape index (κ1) is 36.4. The van der Waals surface area contributed by atoms with Crippen LogP contribution in [0.4, 0.5) is 0 Å². The van der Waals surface area contributed by atoms with Gasteiger partial charge in [0.1, 0.15) is 0 Å². The highest BCUT2D eigenvalue weighted by atomic mass is 32.1. The molecule has 5 heteroatoms. The third-order valence-electron chi connectivity index (χ3n) is 12.6. The minimum atomic E-state index is 0.693. The molecule has 0 saturated carbocycles. The van der Waals surface area contributed by atoms with Crippen molar-refractivity contribution < 1.29 is 0 Å². The molecule has 0 amide bonds. The Morgan fingerprint density at radius 2 is 0.922 bits per heavy atom. The number of benzene rings is 9. The Morgan fingerprint density at radius 1 is 0.359 bits per heavy atom. The minimum Gasteiger partial charge on any atom is -0.309 e. The molecule has 0 saturated heterocycles. The van der Waals surface area contributed by atoms with E-state index in [1.807, 2.05) is 29.5 Å². The maximum Gasteiger partial charge on any atom is 0.160 e. The maximum absolute atomic E-state index is 5.39. The second-order valence-corrected chi connectivity index (χ2v) is 17.4. The first-order chi connectivity index (χ1) is 31.7. The van der Waals surface area contributed by atoms with Gasteiger partial charge in [-0.2, -0.15) is 0 Å². The van der Waals surface area contributed by atoms with Crippen LogP contribution in [0.15, 0.2) is 218 Å². The molecule has 0 N–H and O–H groups in total. The summed E-state index contributed by atoms with van der Waals surface area (Å²) >= 11 is 1.86. The summed E-state index contributed by atoms with van der Waals surface area (Å²) in [5.74, 6) is 0.693. The number of pyridine rings is 1. The monoisotopic (exact) mass is 832 g/mol. The number of aromatic nitrogens is 4. The van der Waals surface area contributed by atoms with Crippen LogP contribution in [0.2, 0.25) is 0 Å². The molecular weight excluding hydrogens is 797 g/mol. The van der Waals surface area contributed by atoms with E-state index in [-0.39, 0.29) is 0 Å². The fourth-order valence-corrected chi connectivity index (χ4v) is 10.7. The highest BCUT2D eigenvalue weighted by molar-refractivity contribution is 7.26. The van der Waals surface area contributed by atoms with E-state index in [4.69, 9.17) is 15.0 Å². The largest absolute Gasteiger partial charge is 0.309 e. The highest BCUT2D eigenvalue weighted by Gasteiger charge is 2.18. The SMILES string of the molecule is c1ccc(-c2nc(-c3ccc(-c4ccc(-c5nc6cc7ccccc7cc6c6sc7ccccc7c56)cc4)cc3)cc(-c3cccc(-n4c5ccccc5c5ccccc54)c3)n2)cc1. The fourth-order valence-electron chi connectivity index (χ4n) is 9.48. The molecule has 0 bridgehead atoms. The van der Waals surface area contributed by atoms with E-state index in [1.165, 1.54) is 58.1 Å². The third-order valence-corrected chi connectivity index (χ3v) is 13.8. The van der Waals surface area contributed by atoms with E-state index in [0.717, 1.165) is 61.7 Å². The second kappa shape index (κ2) is 14.7. The Labute approximate surface area is 373 Å². The van der Waals surface area contributed by atoms with E-state index in [9.17, 15) is 0 Å². The second-order valence-electron chi connectivity index (χ2n) is 16.4. The fraction of sp³-hybridized carbons (Fsp3) is 0. The molecule has 9 aromatic carbocycles. The van der Waals surface area contributed by atoms with Crippen LogP contribution >= 0.6 is 11.3 Å². The van der Waals surface area contributed by atoms with Crippen molar-refractivity contribution in [3.8, 4) is 62.0 Å². The number of para-hydroxylation sites is 2. The zero-order valence-electron chi connectivity index (χ0n) is 34.5. The molecule has 0 radical (unpaired) electrons. The van der Waals surface area contributed by atoms with Crippen LogP contribution in [-0.4, -0.2) is 19.5 Å². The Bertz CT molecular complexity index is 3890. The van der Waals surface area contributed by atoms with Gasteiger partial charge < -0.3 is 4.57 Å². The molecule has 0 spiro atoms. The van der Waals surface area contributed by atoms with Crippen LogP contribution in [0.3, 0.4) is 0 Å². The first-order valence-corrected chi connectivity index (χ1v) is 22.4. The Morgan fingerprint density at radius 3 is 1.64 bits per heavy atom. The van der Waals surface area contributed by atoms with E-state index < -0.39 is 0 Å². The van der Waals surface area contributed by atoms with Gasteiger partial charge in [0.25, 0.3) is 0 Å². The van der Waals surface area contributed by atoms with Crippen molar-refractivity contribution in [2.75, 3.05) is 0 Å². The lowest BCUT2D eigenvalue weighted by molar-refractivity contribution is 1.16. The molecule has 0 aliphatic heterocycles. The van der Waals surface area contributed by atoms with Crippen LogP contribution in [0.5, 0.6) is 0 Å². The summed E-state index contributed by atoms with van der Waals surface area (Å²) in [4.78, 5) is 15.7. The van der Waals surface area contributed by atoms with E-state index in [2.05, 4.69) is 205 Å². The van der Waals surface area contributed by atoms with Crippen molar-refractivity contribution >= 4 is 75.0 Å². The zero-order chi connectivity index (χ0) is 42.1. The average molecular weight is 833 g/mol. The van der Waals surface area contributed by atoms with E-state index in [1.54, 1.807) is 0 Å². The Kier molecular flexibility index (Phi) is 8.36. The summed E-state index contributed by atoms with van der Waals surface area (Å²) in [5.41, 5.74) is 13.6. The standard InChI is InChI=1S/C59H36N4S/c1-2-13-41(14-3-1)59-61-50(36-51(62-59)44-17-12-18-45(33-44)63-53-22-9-6-19-46(53)47-20-7-10-23-54(47)63)39-29-25-37(26-30-39)38-27-31-40(32-28-38)57-56-48-21-8-11-24-55(48)64-58(56)49-34-42-15-4-5-16-43(42)35-52(49)60-57/h1-36H. The van der Waals surface area contributed by atoms with Gasteiger partial charge in [-0.1, -0.05) is 170 Å². The molecule has 0 fully saturated rings. The van der Waals surface area contributed by atoms with Crippen LogP contribution in [0, 0.1) is 0 Å². The molecule has 13 rings (SSSR count). The number of hydrogen-bond acceptors (Lipinski definition) is 4. The van der Waals surface area contributed by atoms with Crippen LogP contribution in [-0.2, 0) is 0 Å². The molecule has 0 atom stereocenters. The van der Waals surface area contributed by atoms with E-state index >= 15 is 0 Å². The van der Waals surface area contributed by atoms with Crippen molar-refractivity contribution in [2.45, 2.75) is 0 Å². The molecule has 13 aromatic rings. The molecule has 0 aliphatic carbocycles. The van der Waals surface area contributed by atoms with Crippen molar-refractivity contribution in [3.63, 3.8) is 0 Å². The van der Waals surface area contributed by atoms with Gasteiger partial charge in [0.2, 0.25) is 0 Å². The minimum absolute atomic E-state index is 0.693. The summed E-state index contributed by atoms with van der Waals surface area (Å²) < 4.78 is 4.91. The molecule has 298 valence electrons. The first-order valence-electron chi connectivity index (χ1n) is 21.6. The van der Waals surface area contributed by atoms with Crippen molar-refractivity contribution in [1.29, 1.82) is 0 Å². The predicted octanol–water partition coefficient (Wildman–Crippen LogP) is 16.0. The van der Waals surface area contributed by atoms with Gasteiger partial charge in [-0.05, 0) is 70.4 Å². The summed E-state index contributed by atoms with van der Waals surface area (Å²) in [5, 5.41) is 8.58. The molecule has 4 heterocycles.